The molecule has 10 heteroatoms. The van der Waals surface area contributed by atoms with Gasteiger partial charge < -0.3 is 24.4 Å². The fourth-order valence-electron chi connectivity index (χ4n) is 4.77. The molecule has 0 amide bonds. The molecule has 9 nitrogen and oxygen atoms in total. The fourth-order valence-corrected chi connectivity index (χ4v) is 5.13. The maximum absolute atomic E-state index is 12.4. The number of carbonyl (C=O) groups excluding carboxylic acids is 2. The summed E-state index contributed by atoms with van der Waals surface area (Å²) in [7, 11) is -4.79. The SMILES string of the molecule is CC/C=C\C/C=C\CC(O)/C=C/C=C\C/C=C\C/C=C\CCC(=O)OC[C@H](COP(=O)(O)O)OC(=O)CCCCCCC/C=C\C=C/CCCCCC. The highest BCUT2D eigenvalue weighted by Gasteiger charge is 2.22. The molecule has 0 rings (SSSR count). The van der Waals surface area contributed by atoms with Gasteiger partial charge in [-0.1, -0.05) is 150 Å². The third kappa shape index (κ3) is 40.0. The van der Waals surface area contributed by atoms with Crippen LogP contribution in [0.4, 0.5) is 0 Å². The molecule has 0 aromatic heterocycles. The van der Waals surface area contributed by atoms with Gasteiger partial charge in [0.25, 0.3) is 0 Å². The average Bonchev–Trinajstić information content (AvgIpc) is 3.12. The molecule has 0 aromatic carbocycles. The standard InChI is InChI=1S/C43H69O9P/c1-3-5-7-9-11-12-13-14-15-16-17-22-25-29-33-37-43(46)52-41(39-51-53(47,48)49)38-50-42(45)36-32-28-24-21-19-18-20-23-27-31-35-40(44)34-30-26-10-8-6-4-2/h6,8,12-15,18-19,23-24,26-28,30-31,35,40-41,44H,3-5,7,9-11,16-17,20-22,25,29,32-34,36-39H2,1-2H3,(H2,47,48,49)/b8-6-,13-12-,15-14-,19-18-,27-23-,28-24-,30-26-,35-31+/t40?,41-/m1/s1. The maximum atomic E-state index is 12.4. The van der Waals surface area contributed by atoms with Crippen molar-refractivity contribution in [1.29, 1.82) is 0 Å². The number of esters is 2. The van der Waals surface area contributed by atoms with Gasteiger partial charge >= 0.3 is 19.8 Å². The van der Waals surface area contributed by atoms with Gasteiger partial charge in [0.05, 0.1) is 12.7 Å². The first kappa shape index (κ1) is 49.9. The van der Waals surface area contributed by atoms with Crippen LogP contribution in [0.3, 0.4) is 0 Å². The molecule has 0 fully saturated rings. The lowest BCUT2D eigenvalue weighted by Crippen LogP contribution is -2.29. The van der Waals surface area contributed by atoms with Crippen molar-refractivity contribution in [2.24, 2.45) is 0 Å². The maximum Gasteiger partial charge on any atom is 0.469 e. The minimum absolute atomic E-state index is 0.110. The first-order chi connectivity index (χ1) is 25.7. The van der Waals surface area contributed by atoms with Gasteiger partial charge in [-0.15, -0.1) is 0 Å². The predicted molar refractivity (Wildman–Crippen MR) is 217 cm³/mol. The van der Waals surface area contributed by atoms with Gasteiger partial charge in [-0.3, -0.25) is 14.1 Å². The van der Waals surface area contributed by atoms with Gasteiger partial charge in [-0.2, -0.15) is 0 Å². The molecule has 53 heavy (non-hydrogen) atoms. The molecule has 0 aliphatic rings. The predicted octanol–water partition coefficient (Wildman–Crippen LogP) is 10.8. The highest BCUT2D eigenvalue weighted by atomic mass is 31.2. The van der Waals surface area contributed by atoms with E-state index in [9.17, 15) is 19.3 Å². The van der Waals surface area contributed by atoms with Gasteiger partial charge in [0.15, 0.2) is 6.10 Å². The van der Waals surface area contributed by atoms with E-state index < -0.39 is 38.6 Å². The summed E-state index contributed by atoms with van der Waals surface area (Å²) >= 11 is 0. The zero-order valence-corrected chi connectivity index (χ0v) is 33.4. The number of hydrogen-bond acceptors (Lipinski definition) is 7. The summed E-state index contributed by atoms with van der Waals surface area (Å²) in [5.41, 5.74) is 0. The van der Waals surface area contributed by atoms with Crippen LogP contribution >= 0.6 is 7.82 Å². The Labute approximate surface area is 320 Å². The lowest BCUT2D eigenvalue weighted by Gasteiger charge is -2.18. The summed E-state index contributed by atoms with van der Waals surface area (Å²) in [6.45, 7) is 3.38. The largest absolute Gasteiger partial charge is 0.469 e. The van der Waals surface area contributed by atoms with Crippen molar-refractivity contribution >= 4 is 19.8 Å². The van der Waals surface area contributed by atoms with Crippen LogP contribution in [0.25, 0.3) is 0 Å². The Kier molecular flexibility index (Phi) is 35.1. The number of aliphatic hydroxyl groups is 1. The number of ether oxygens (including phenoxy) is 2. The van der Waals surface area contributed by atoms with Crippen LogP contribution in [0.1, 0.15) is 136 Å². The van der Waals surface area contributed by atoms with E-state index in [1.54, 1.807) is 6.08 Å². The van der Waals surface area contributed by atoms with Crippen molar-refractivity contribution in [2.75, 3.05) is 13.2 Å². The van der Waals surface area contributed by atoms with E-state index in [4.69, 9.17) is 19.3 Å². The molecule has 0 spiro atoms. The number of unbranched alkanes of at least 4 members (excludes halogenated alkanes) is 9. The van der Waals surface area contributed by atoms with E-state index in [1.807, 2.05) is 48.6 Å². The molecule has 300 valence electrons. The summed E-state index contributed by atoms with van der Waals surface area (Å²) in [5.74, 6) is -1.04. The molecular weight excluding hydrogens is 691 g/mol. The second-order valence-electron chi connectivity index (χ2n) is 12.7. The van der Waals surface area contributed by atoms with E-state index in [0.717, 1.165) is 57.8 Å². The first-order valence-electron chi connectivity index (χ1n) is 19.7. The molecule has 0 saturated carbocycles. The minimum Gasteiger partial charge on any atom is -0.462 e. The molecule has 0 radical (unpaired) electrons. The minimum atomic E-state index is -4.79. The van der Waals surface area contributed by atoms with Gasteiger partial charge in [-0.25, -0.2) is 4.57 Å². The number of allylic oxidation sites excluding steroid dienone is 14. The zero-order valence-electron chi connectivity index (χ0n) is 32.5. The summed E-state index contributed by atoms with van der Waals surface area (Å²) in [4.78, 5) is 42.7. The third-order valence-corrected chi connectivity index (χ3v) is 8.19. The smallest absolute Gasteiger partial charge is 0.462 e. The first-order valence-corrected chi connectivity index (χ1v) is 21.2. The Bertz CT molecular complexity index is 1190. The monoisotopic (exact) mass is 760 g/mol. The second kappa shape index (κ2) is 37.3. The molecule has 0 saturated heterocycles. The van der Waals surface area contributed by atoms with Crippen molar-refractivity contribution in [3.05, 3.63) is 97.2 Å². The van der Waals surface area contributed by atoms with Crippen LogP contribution < -0.4 is 0 Å². The van der Waals surface area contributed by atoms with E-state index in [0.29, 0.717) is 25.7 Å². The van der Waals surface area contributed by atoms with Crippen molar-refractivity contribution in [1.82, 2.24) is 0 Å². The zero-order chi connectivity index (χ0) is 39.1. The van der Waals surface area contributed by atoms with Gasteiger partial charge in [0.1, 0.15) is 6.61 Å². The summed E-state index contributed by atoms with van der Waals surface area (Å²) < 4.78 is 26.2. The van der Waals surface area contributed by atoms with Crippen LogP contribution in [-0.2, 0) is 28.2 Å². The number of phosphoric acid groups is 1. The number of rotatable bonds is 34. The summed E-state index contributed by atoms with van der Waals surface area (Å²) in [5, 5.41) is 9.96. The van der Waals surface area contributed by atoms with Crippen LogP contribution in [0.2, 0.25) is 0 Å². The lowest BCUT2D eigenvalue weighted by atomic mass is 10.1. The summed E-state index contributed by atoms with van der Waals surface area (Å²) in [6.07, 6.45) is 47.4. The molecule has 0 aliphatic heterocycles. The Morgan fingerprint density at radius 1 is 0.604 bits per heavy atom. The summed E-state index contributed by atoms with van der Waals surface area (Å²) in [6, 6.07) is 0. The third-order valence-electron chi connectivity index (χ3n) is 7.71. The van der Waals surface area contributed by atoms with Crippen molar-refractivity contribution in [2.45, 2.75) is 148 Å². The Balaban J connectivity index is 4.20. The van der Waals surface area contributed by atoms with Crippen LogP contribution in [0, 0.1) is 0 Å². The van der Waals surface area contributed by atoms with E-state index in [2.05, 4.69) is 60.9 Å². The quantitative estimate of drug-likeness (QED) is 0.0192. The fraction of sp³-hybridized carbons (Fsp3) is 0.581. The van der Waals surface area contributed by atoms with E-state index >= 15 is 0 Å². The normalized spacial score (nSPS) is 14.1. The number of carbonyl (C=O) groups is 2. The number of aliphatic hydroxyl groups excluding tert-OH is 1. The molecule has 0 bridgehead atoms. The highest BCUT2D eigenvalue weighted by molar-refractivity contribution is 7.46. The molecule has 0 heterocycles. The molecular formula is C43H69O9P. The Hall–Kier alpha value is -3.07. The Morgan fingerprint density at radius 2 is 1.19 bits per heavy atom. The highest BCUT2D eigenvalue weighted by Crippen LogP contribution is 2.36. The van der Waals surface area contributed by atoms with Crippen molar-refractivity contribution in [3.8, 4) is 0 Å². The van der Waals surface area contributed by atoms with Gasteiger partial charge in [0.2, 0.25) is 0 Å². The molecule has 1 unspecified atom stereocenters. The topological polar surface area (TPSA) is 140 Å². The van der Waals surface area contributed by atoms with Gasteiger partial charge in [-0.05, 0) is 70.6 Å². The Morgan fingerprint density at radius 3 is 1.87 bits per heavy atom. The molecule has 0 aliphatic carbocycles. The molecule has 3 N–H and O–H groups in total. The second-order valence-corrected chi connectivity index (χ2v) is 14.0. The van der Waals surface area contributed by atoms with Crippen LogP contribution in [-0.4, -0.2) is 52.3 Å². The van der Waals surface area contributed by atoms with E-state index in [-0.39, 0.29) is 19.4 Å². The van der Waals surface area contributed by atoms with Crippen LogP contribution in [0.15, 0.2) is 97.2 Å². The number of phosphoric ester groups is 1. The average molecular weight is 761 g/mol. The lowest BCUT2D eigenvalue weighted by molar-refractivity contribution is -0.161. The molecule has 2 atom stereocenters. The molecule has 0 aromatic rings. The van der Waals surface area contributed by atoms with Crippen LogP contribution in [0.5, 0.6) is 0 Å². The van der Waals surface area contributed by atoms with Crippen molar-refractivity contribution < 1.29 is 43.0 Å². The number of hydrogen-bond donors (Lipinski definition) is 3. The van der Waals surface area contributed by atoms with E-state index in [1.165, 1.54) is 25.7 Å². The van der Waals surface area contributed by atoms with Gasteiger partial charge in [0, 0.05) is 12.8 Å². The van der Waals surface area contributed by atoms with Crippen molar-refractivity contribution in [3.63, 3.8) is 0 Å².